The zero-order valence-electron chi connectivity index (χ0n) is 14.3. The van der Waals surface area contributed by atoms with Crippen LogP contribution in [0, 0.1) is 13.8 Å². The van der Waals surface area contributed by atoms with Gasteiger partial charge in [0.2, 0.25) is 5.16 Å². The molecule has 0 bridgehead atoms. The summed E-state index contributed by atoms with van der Waals surface area (Å²) in [5.41, 5.74) is 2.15. The number of hydrogen-bond donors (Lipinski definition) is 0. The smallest absolute Gasteiger partial charge is 0.387 e. The van der Waals surface area contributed by atoms with Crippen LogP contribution in [0.3, 0.4) is 0 Å². The van der Waals surface area contributed by atoms with Crippen molar-refractivity contribution in [2.75, 3.05) is 0 Å². The van der Waals surface area contributed by atoms with Gasteiger partial charge in [-0.15, -0.1) is 5.10 Å². The highest BCUT2D eigenvalue weighted by Gasteiger charge is 2.20. The van der Waals surface area contributed by atoms with E-state index in [-0.39, 0.29) is 11.5 Å². The van der Waals surface area contributed by atoms with Crippen LogP contribution in [-0.4, -0.2) is 37.2 Å². The number of alkyl halides is 2. The monoisotopic (exact) mass is 378 g/mol. The first-order valence-electron chi connectivity index (χ1n) is 7.80. The molecule has 0 N–H and O–H groups in total. The number of fused-ring (bicyclic) bond motifs is 1. The minimum atomic E-state index is -2.90. The van der Waals surface area contributed by atoms with E-state index in [0.29, 0.717) is 16.5 Å². The van der Waals surface area contributed by atoms with Crippen molar-refractivity contribution in [1.82, 2.24) is 19.6 Å². The number of carbonyl (C=O) groups excluding carboxylic acids is 1. The molecule has 3 rings (SSSR count). The number of aromatic nitrogens is 4. The van der Waals surface area contributed by atoms with E-state index in [1.807, 2.05) is 19.9 Å². The molecule has 0 fully saturated rings. The third-order valence-corrected chi connectivity index (χ3v) is 4.57. The van der Waals surface area contributed by atoms with Crippen LogP contribution in [-0.2, 0) is 0 Å². The second-order valence-electron chi connectivity index (χ2n) is 5.67. The molecule has 0 aliphatic heterocycles. The highest BCUT2D eigenvalue weighted by molar-refractivity contribution is 8.00. The van der Waals surface area contributed by atoms with E-state index in [9.17, 15) is 13.6 Å². The lowest BCUT2D eigenvalue weighted by molar-refractivity contribution is -0.0498. The maximum absolute atomic E-state index is 12.5. The predicted octanol–water partition coefficient (Wildman–Crippen LogP) is 3.71. The van der Waals surface area contributed by atoms with E-state index < -0.39 is 11.9 Å². The summed E-state index contributed by atoms with van der Waals surface area (Å²) >= 11 is 1.22. The van der Waals surface area contributed by atoms with E-state index in [1.54, 1.807) is 11.4 Å². The summed E-state index contributed by atoms with van der Waals surface area (Å²) in [5.74, 6) is 0.340. The zero-order valence-corrected chi connectivity index (χ0v) is 15.1. The van der Waals surface area contributed by atoms with Crippen LogP contribution < -0.4 is 4.74 Å². The fourth-order valence-electron chi connectivity index (χ4n) is 2.44. The second-order valence-corrected chi connectivity index (χ2v) is 6.98. The summed E-state index contributed by atoms with van der Waals surface area (Å²) in [4.78, 5) is 21.2. The number of thioether (sulfide) groups is 1. The van der Waals surface area contributed by atoms with Gasteiger partial charge in [0.15, 0.2) is 5.78 Å². The van der Waals surface area contributed by atoms with Crippen LogP contribution in [0.5, 0.6) is 5.75 Å². The van der Waals surface area contributed by atoms with Gasteiger partial charge in [0.25, 0.3) is 5.78 Å². The molecule has 9 heteroatoms. The lowest BCUT2D eigenvalue weighted by Crippen LogP contribution is -2.13. The molecule has 1 atom stereocenters. The Morgan fingerprint density at radius 3 is 2.54 bits per heavy atom. The number of Topliss-reactive ketones (excluding diaryl/α,β-unsaturated/α-hetero) is 1. The Morgan fingerprint density at radius 1 is 1.19 bits per heavy atom. The molecule has 1 aromatic carbocycles. The van der Waals surface area contributed by atoms with Crippen LogP contribution in [0.4, 0.5) is 8.78 Å². The minimum absolute atomic E-state index is 0.00999. The number of benzene rings is 1. The summed E-state index contributed by atoms with van der Waals surface area (Å²) < 4.78 is 30.3. The van der Waals surface area contributed by atoms with Gasteiger partial charge in [-0.1, -0.05) is 11.8 Å². The lowest BCUT2D eigenvalue weighted by atomic mass is 10.1. The van der Waals surface area contributed by atoms with Gasteiger partial charge in [0, 0.05) is 17.0 Å². The van der Waals surface area contributed by atoms with Gasteiger partial charge in [-0.3, -0.25) is 4.79 Å². The normalized spacial score (nSPS) is 12.5. The molecule has 0 aliphatic carbocycles. The largest absolute Gasteiger partial charge is 0.435 e. The van der Waals surface area contributed by atoms with E-state index in [0.717, 1.165) is 11.4 Å². The predicted molar refractivity (Wildman–Crippen MR) is 93.0 cm³/mol. The third-order valence-electron chi connectivity index (χ3n) is 3.61. The average molecular weight is 378 g/mol. The fraction of sp³-hybridized carbons (Fsp3) is 0.294. The highest BCUT2D eigenvalue weighted by Crippen LogP contribution is 2.24. The van der Waals surface area contributed by atoms with E-state index >= 15 is 0 Å². The first-order valence-corrected chi connectivity index (χ1v) is 8.68. The molecule has 0 amide bonds. The van der Waals surface area contributed by atoms with Gasteiger partial charge in [-0.05, 0) is 51.1 Å². The molecule has 26 heavy (non-hydrogen) atoms. The third kappa shape index (κ3) is 3.98. The molecule has 3 aromatic rings. The number of aryl methyl sites for hydroxylation is 2. The van der Waals surface area contributed by atoms with Crippen molar-refractivity contribution >= 4 is 23.3 Å². The van der Waals surface area contributed by atoms with Crippen molar-refractivity contribution in [3.05, 3.63) is 47.3 Å². The van der Waals surface area contributed by atoms with Crippen molar-refractivity contribution in [3.63, 3.8) is 0 Å². The molecule has 2 heterocycles. The summed E-state index contributed by atoms with van der Waals surface area (Å²) in [7, 11) is 0. The minimum Gasteiger partial charge on any atom is -0.435 e. The lowest BCUT2D eigenvalue weighted by Gasteiger charge is -2.09. The maximum Gasteiger partial charge on any atom is 0.387 e. The van der Waals surface area contributed by atoms with Gasteiger partial charge in [-0.25, -0.2) is 9.50 Å². The van der Waals surface area contributed by atoms with Crippen LogP contribution >= 0.6 is 11.8 Å². The van der Waals surface area contributed by atoms with E-state index in [1.165, 1.54) is 36.0 Å². The van der Waals surface area contributed by atoms with E-state index in [4.69, 9.17) is 0 Å². The highest BCUT2D eigenvalue weighted by atomic mass is 32.2. The number of ketones is 1. The molecule has 0 spiro atoms. The Balaban J connectivity index is 1.74. The molecule has 2 aromatic heterocycles. The number of nitrogens with zero attached hydrogens (tertiary/aromatic N) is 4. The Bertz CT molecular complexity index is 944. The molecule has 0 aliphatic rings. The molecule has 0 saturated heterocycles. The van der Waals surface area contributed by atoms with Crippen molar-refractivity contribution < 1.29 is 18.3 Å². The van der Waals surface area contributed by atoms with Crippen molar-refractivity contribution in [2.24, 2.45) is 0 Å². The molecular weight excluding hydrogens is 362 g/mol. The van der Waals surface area contributed by atoms with Gasteiger partial charge >= 0.3 is 6.61 Å². The molecular formula is C17H16F2N4O2S. The Morgan fingerprint density at radius 2 is 1.88 bits per heavy atom. The number of carbonyl (C=O) groups is 1. The Labute approximate surface area is 152 Å². The summed E-state index contributed by atoms with van der Waals surface area (Å²) in [6.45, 7) is 2.63. The summed E-state index contributed by atoms with van der Waals surface area (Å²) in [6.07, 6.45) is 0. The SMILES string of the molecule is Cc1cc(C)n2nc(S[C@@H](C)C(=O)c3ccc(OC(F)F)cc3)nc2n1. The zero-order chi connectivity index (χ0) is 18.8. The average Bonchev–Trinajstić information content (AvgIpc) is 2.97. The number of halogens is 2. The van der Waals surface area contributed by atoms with Gasteiger partial charge in [0.1, 0.15) is 5.75 Å². The van der Waals surface area contributed by atoms with Crippen LogP contribution in [0.25, 0.3) is 5.78 Å². The first kappa shape index (κ1) is 18.2. The molecule has 0 saturated carbocycles. The summed E-state index contributed by atoms with van der Waals surface area (Å²) in [5, 5.41) is 4.37. The standard InChI is InChI=1S/C17H16F2N4O2S/c1-9-8-10(2)23-16(20-9)21-17(22-23)26-11(3)14(24)12-4-6-13(7-5-12)25-15(18)19/h4-8,11,15H,1-3H3/t11-/m0/s1. The molecule has 6 nitrogen and oxygen atoms in total. The van der Waals surface area contributed by atoms with Crippen molar-refractivity contribution in [3.8, 4) is 5.75 Å². The molecule has 0 radical (unpaired) electrons. The van der Waals surface area contributed by atoms with Crippen LogP contribution in [0.15, 0.2) is 35.5 Å². The number of hydrogen-bond acceptors (Lipinski definition) is 6. The van der Waals surface area contributed by atoms with Gasteiger partial charge in [-0.2, -0.15) is 13.8 Å². The number of rotatable bonds is 6. The van der Waals surface area contributed by atoms with Gasteiger partial charge < -0.3 is 4.74 Å². The van der Waals surface area contributed by atoms with Crippen molar-refractivity contribution in [1.29, 1.82) is 0 Å². The quantitative estimate of drug-likeness (QED) is 0.481. The van der Waals surface area contributed by atoms with Crippen LogP contribution in [0.1, 0.15) is 28.7 Å². The Kier molecular flexibility index (Phi) is 5.17. The first-order chi connectivity index (χ1) is 12.3. The van der Waals surface area contributed by atoms with Crippen LogP contribution in [0.2, 0.25) is 0 Å². The summed E-state index contributed by atoms with van der Waals surface area (Å²) in [6, 6.07) is 7.51. The Hall–Kier alpha value is -2.55. The molecule has 136 valence electrons. The second kappa shape index (κ2) is 7.36. The topological polar surface area (TPSA) is 69.4 Å². The molecule has 0 unspecified atom stereocenters. The number of ether oxygens (including phenoxy) is 1. The maximum atomic E-state index is 12.5. The van der Waals surface area contributed by atoms with Gasteiger partial charge in [0.05, 0.1) is 5.25 Å². The van der Waals surface area contributed by atoms with E-state index in [2.05, 4.69) is 19.8 Å². The fourth-order valence-corrected chi connectivity index (χ4v) is 3.27. The van der Waals surface area contributed by atoms with Crippen molar-refractivity contribution in [2.45, 2.75) is 37.8 Å².